The normalized spacial score (nSPS) is 11.4. The van der Waals surface area contributed by atoms with Crippen LogP contribution in [0.2, 0.25) is 0 Å². The molecule has 5 heteroatoms. The van der Waals surface area contributed by atoms with Gasteiger partial charge in [0, 0.05) is 13.6 Å². The van der Waals surface area contributed by atoms with Crippen molar-refractivity contribution in [1.29, 1.82) is 0 Å². The van der Waals surface area contributed by atoms with Crippen LogP contribution in [0.5, 0.6) is 0 Å². The van der Waals surface area contributed by atoms with Gasteiger partial charge in [-0.2, -0.15) is 0 Å². The lowest BCUT2D eigenvalue weighted by atomic mass is 10.2. The van der Waals surface area contributed by atoms with E-state index in [9.17, 15) is 8.42 Å². The van der Waals surface area contributed by atoms with Gasteiger partial charge in [-0.3, -0.25) is 4.31 Å². The van der Waals surface area contributed by atoms with Crippen LogP contribution in [-0.4, -0.2) is 15.5 Å². The molecule has 0 saturated carbocycles. The SMILES string of the molecule is Cc1ccc(S(=O)(=O)N(C)c2cccc(CN)c2)c(C)c1. The van der Waals surface area contributed by atoms with E-state index in [2.05, 4.69) is 0 Å². The van der Waals surface area contributed by atoms with E-state index in [1.807, 2.05) is 38.1 Å². The Bertz CT molecular complexity index is 755. The molecule has 4 nitrogen and oxygen atoms in total. The molecule has 2 rings (SSSR count). The minimum atomic E-state index is -3.57. The highest BCUT2D eigenvalue weighted by Crippen LogP contribution is 2.25. The largest absolute Gasteiger partial charge is 0.326 e. The third-order valence-electron chi connectivity index (χ3n) is 3.48. The van der Waals surface area contributed by atoms with Gasteiger partial charge < -0.3 is 5.73 Å². The first-order valence-corrected chi connectivity index (χ1v) is 8.15. The quantitative estimate of drug-likeness (QED) is 0.944. The predicted molar refractivity (Wildman–Crippen MR) is 85.8 cm³/mol. The van der Waals surface area contributed by atoms with Crippen molar-refractivity contribution in [2.75, 3.05) is 11.4 Å². The second kappa shape index (κ2) is 5.87. The fourth-order valence-corrected chi connectivity index (χ4v) is 3.65. The van der Waals surface area contributed by atoms with Crippen LogP contribution in [0, 0.1) is 13.8 Å². The Hall–Kier alpha value is -1.85. The third kappa shape index (κ3) is 3.09. The number of hydrogen-bond donors (Lipinski definition) is 1. The number of aryl methyl sites for hydroxylation is 2. The van der Waals surface area contributed by atoms with E-state index < -0.39 is 10.0 Å². The van der Waals surface area contributed by atoms with Crippen molar-refractivity contribution in [1.82, 2.24) is 0 Å². The number of benzene rings is 2. The molecule has 0 aliphatic rings. The molecule has 0 aliphatic heterocycles. The summed E-state index contributed by atoms with van der Waals surface area (Å²) < 4.78 is 26.8. The molecule has 0 fully saturated rings. The molecule has 0 saturated heterocycles. The maximum absolute atomic E-state index is 12.8. The molecule has 21 heavy (non-hydrogen) atoms. The summed E-state index contributed by atoms with van der Waals surface area (Å²) in [5, 5.41) is 0. The van der Waals surface area contributed by atoms with E-state index in [1.54, 1.807) is 25.2 Å². The average molecular weight is 304 g/mol. The average Bonchev–Trinajstić information content (AvgIpc) is 2.46. The Morgan fingerprint density at radius 2 is 1.81 bits per heavy atom. The van der Waals surface area contributed by atoms with Crippen molar-refractivity contribution in [2.45, 2.75) is 25.3 Å². The molecule has 112 valence electrons. The van der Waals surface area contributed by atoms with Crippen molar-refractivity contribution < 1.29 is 8.42 Å². The van der Waals surface area contributed by atoms with Crippen LogP contribution in [0.1, 0.15) is 16.7 Å². The van der Waals surface area contributed by atoms with Crippen LogP contribution in [0.3, 0.4) is 0 Å². The van der Waals surface area contributed by atoms with Crippen LogP contribution in [0.15, 0.2) is 47.4 Å². The summed E-state index contributed by atoms with van der Waals surface area (Å²) in [6.07, 6.45) is 0. The van der Waals surface area contributed by atoms with Gasteiger partial charge in [0.1, 0.15) is 0 Å². The maximum atomic E-state index is 12.8. The smallest absolute Gasteiger partial charge is 0.264 e. The van der Waals surface area contributed by atoms with Gasteiger partial charge in [0.2, 0.25) is 0 Å². The molecule has 0 atom stereocenters. The van der Waals surface area contributed by atoms with Crippen LogP contribution >= 0.6 is 0 Å². The number of nitrogens with zero attached hydrogens (tertiary/aromatic N) is 1. The number of sulfonamides is 1. The highest BCUT2D eigenvalue weighted by atomic mass is 32.2. The van der Waals surface area contributed by atoms with Gasteiger partial charge in [0.15, 0.2) is 0 Å². The Balaban J connectivity index is 2.47. The Morgan fingerprint density at radius 1 is 1.10 bits per heavy atom. The summed E-state index contributed by atoms with van der Waals surface area (Å²) >= 11 is 0. The second-order valence-corrected chi connectivity index (χ2v) is 7.05. The molecule has 0 bridgehead atoms. The molecule has 0 spiro atoms. The fourth-order valence-electron chi connectivity index (χ4n) is 2.25. The van der Waals surface area contributed by atoms with Gasteiger partial charge in [0.25, 0.3) is 10.0 Å². The number of anilines is 1. The highest BCUT2D eigenvalue weighted by molar-refractivity contribution is 7.92. The molecule has 2 aromatic carbocycles. The molecule has 2 N–H and O–H groups in total. The molecular formula is C16H20N2O2S. The number of hydrogen-bond acceptors (Lipinski definition) is 3. The lowest BCUT2D eigenvalue weighted by Gasteiger charge is -2.21. The minimum Gasteiger partial charge on any atom is -0.326 e. The summed E-state index contributed by atoms with van der Waals surface area (Å²) in [7, 11) is -2.01. The van der Waals surface area contributed by atoms with Crippen molar-refractivity contribution in [2.24, 2.45) is 5.73 Å². The number of nitrogens with two attached hydrogens (primary N) is 1. The molecule has 0 unspecified atom stereocenters. The van der Waals surface area contributed by atoms with Gasteiger partial charge in [-0.1, -0.05) is 29.8 Å². The summed E-state index contributed by atoms with van der Waals surface area (Å²) in [5.74, 6) is 0. The first-order valence-electron chi connectivity index (χ1n) is 6.71. The van der Waals surface area contributed by atoms with E-state index >= 15 is 0 Å². The zero-order valence-electron chi connectivity index (χ0n) is 12.5. The van der Waals surface area contributed by atoms with Gasteiger partial charge in [-0.25, -0.2) is 8.42 Å². The summed E-state index contributed by atoms with van der Waals surface area (Å²) in [6.45, 7) is 4.13. The van der Waals surface area contributed by atoms with Crippen molar-refractivity contribution in [3.05, 3.63) is 59.2 Å². The first-order chi connectivity index (χ1) is 9.86. The molecule has 0 heterocycles. The molecule has 0 aromatic heterocycles. The topological polar surface area (TPSA) is 63.4 Å². The van der Waals surface area contributed by atoms with Crippen LogP contribution < -0.4 is 10.0 Å². The van der Waals surface area contributed by atoms with Crippen LogP contribution in [0.25, 0.3) is 0 Å². The number of rotatable bonds is 4. The predicted octanol–water partition coefficient (Wildman–Crippen LogP) is 2.59. The fraction of sp³-hybridized carbons (Fsp3) is 0.250. The first kappa shape index (κ1) is 15.5. The Kier molecular flexibility index (Phi) is 4.34. The molecule has 2 aromatic rings. The van der Waals surface area contributed by atoms with Crippen LogP contribution in [0.4, 0.5) is 5.69 Å². The molecule has 0 amide bonds. The zero-order valence-corrected chi connectivity index (χ0v) is 13.3. The van der Waals surface area contributed by atoms with Crippen molar-refractivity contribution >= 4 is 15.7 Å². The van der Waals surface area contributed by atoms with Gasteiger partial charge in [0.05, 0.1) is 10.6 Å². The summed E-state index contributed by atoms with van der Waals surface area (Å²) in [5.41, 5.74) is 8.91. The lowest BCUT2D eigenvalue weighted by molar-refractivity contribution is 0.593. The zero-order chi connectivity index (χ0) is 15.6. The highest BCUT2D eigenvalue weighted by Gasteiger charge is 2.23. The van der Waals surface area contributed by atoms with E-state index in [-0.39, 0.29) is 0 Å². The van der Waals surface area contributed by atoms with E-state index in [4.69, 9.17) is 5.73 Å². The Labute approximate surface area is 126 Å². The molecule has 0 radical (unpaired) electrons. The second-order valence-electron chi connectivity index (χ2n) is 5.12. The van der Waals surface area contributed by atoms with E-state index in [1.165, 1.54) is 4.31 Å². The summed E-state index contributed by atoms with van der Waals surface area (Å²) in [6, 6.07) is 12.6. The molecule has 0 aliphatic carbocycles. The standard InChI is InChI=1S/C16H20N2O2S/c1-12-7-8-16(13(2)9-12)21(19,20)18(3)15-6-4-5-14(10-15)11-17/h4-10H,11,17H2,1-3H3. The van der Waals surface area contributed by atoms with Crippen molar-refractivity contribution in [3.63, 3.8) is 0 Å². The van der Waals surface area contributed by atoms with E-state index in [0.29, 0.717) is 17.1 Å². The van der Waals surface area contributed by atoms with E-state index in [0.717, 1.165) is 16.7 Å². The van der Waals surface area contributed by atoms with Gasteiger partial charge in [-0.05, 0) is 43.2 Å². The summed E-state index contributed by atoms with van der Waals surface area (Å²) in [4.78, 5) is 0.328. The molecular weight excluding hydrogens is 284 g/mol. The lowest BCUT2D eigenvalue weighted by Crippen LogP contribution is -2.27. The minimum absolute atomic E-state index is 0.328. The third-order valence-corrected chi connectivity index (χ3v) is 5.42. The van der Waals surface area contributed by atoms with Gasteiger partial charge in [-0.15, -0.1) is 0 Å². The van der Waals surface area contributed by atoms with Gasteiger partial charge >= 0.3 is 0 Å². The van der Waals surface area contributed by atoms with Crippen LogP contribution in [-0.2, 0) is 16.6 Å². The Morgan fingerprint density at radius 3 is 2.43 bits per heavy atom. The maximum Gasteiger partial charge on any atom is 0.264 e. The van der Waals surface area contributed by atoms with Crippen molar-refractivity contribution in [3.8, 4) is 0 Å². The monoisotopic (exact) mass is 304 g/mol.